The van der Waals surface area contributed by atoms with Crippen LogP contribution in [0.2, 0.25) is 0 Å². The van der Waals surface area contributed by atoms with E-state index in [-0.39, 0.29) is 17.9 Å². The molecule has 0 bridgehead atoms. The van der Waals surface area contributed by atoms with Crippen molar-refractivity contribution in [3.8, 4) is 10.6 Å². The van der Waals surface area contributed by atoms with Gasteiger partial charge in [-0.1, -0.05) is 26.0 Å². The molecule has 1 aliphatic heterocycles. The van der Waals surface area contributed by atoms with E-state index in [9.17, 15) is 9.59 Å². The smallest absolute Gasteiger partial charge is 0.407 e. The molecule has 0 aliphatic carbocycles. The van der Waals surface area contributed by atoms with Crippen LogP contribution in [0, 0.1) is 5.92 Å². The summed E-state index contributed by atoms with van der Waals surface area (Å²) in [4.78, 5) is 35.7. The van der Waals surface area contributed by atoms with Crippen molar-refractivity contribution in [1.82, 2.24) is 20.2 Å². The highest BCUT2D eigenvalue weighted by Crippen LogP contribution is 2.40. The van der Waals surface area contributed by atoms with Crippen LogP contribution in [-0.4, -0.2) is 46.6 Å². The van der Waals surface area contributed by atoms with Crippen LogP contribution in [0.3, 0.4) is 0 Å². The van der Waals surface area contributed by atoms with Crippen LogP contribution in [0.1, 0.15) is 25.7 Å². The second-order valence-corrected chi connectivity index (χ2v) is 10.8. The van der Waals surface area contributed by atoms with Crippen molar-refractivity contribution in [3.63, 3.8) is 0 Å². The molecule has 4 heterocycles. The molecular weight excluding hydrogens is 488 g/mol. The van der Waals surface area contributed by atoms with Crippen LogP contribution >= 0.6 is 38.6 Å². The number of halogens is 1. The number of methoxy groups -OCH3 is 1. The molecule has 3 aromatic rings. The first-order valence-corrected chi connectivity index (χ1v) is 11.9. The van der Waals surface area contributed by atoms with Gasteiger partial charge in [-0.25, -0.2) is 9.78 Å². The minimum absolute atomic E-state index is 0.0802. The Hall–Kier alpha value is -2.17. The summed E-state index contributed by atoms with van der Waals surface area (Å²) in [6, 6.07) is 3.28. The zero-order chi connectivity index (χ0) is 21.4. The number of nitrogens with one attached hydrogen (secondary N) is 2. The summed E-state index contributed by atoms with van der Waals surface area (Å²) >= 11 is 6.91. The predicted molar refractivity (Wildman–Crippen MR) is 123 cm³/mol. The number of carbonyl (C=O) groups is 2. The van der Waals surface area contributed by atoms with E-state index in [1.807, 2.05) is 32.2 Å². The van der Waals surface area contributed by atoms with Crippen LogP contribution in [0.5, 0.6) is 0 Å². The lowest BCUT2D eigenvalue weighted by atomic mass is 10.0. The van der Waals surface area contributed by atoms with Gasteiger partial charge in [-0.2, -0.15) is 0 Å². The molecule has 2 amide bonds. The third-order valence-electron chi connectivity index (χ3n) is 4.94. The Morgan fingerprint density at radius 2 is 2.10 bits per heavy atom. The van der Waals surface area contributed by atoms with Gasteiger partial charge in [-0.3, -0.25) is 4.79 Å². The summed E-state index contributed by atoms with van der Waals surface area (Å²) in [6.07, 6.45) is 5.16. The summed E-state index contributed by atoms with van der Waals surface area (Å²) in [5.74, 6) is 0.457. The maximum absolute atomic E-state index is 13.2. The topological polar surface area (TPSA) is 87.3 Å². The molecule has 1 aliphatic rings. The Balaban J connectivity index is 1.55. The van der Waals surface area contributed by atoms with Gasteiger partial charge in [0.05, 0.1) is 21.5 Å². The standard InChI is InChI=1S/C20H21BrN4O3S2/c1-10(2)17(24-20(27)28-3)19(26)25-6-4-5-12(25)18-22-9-11(23-18)13-7-14-15(29-13)8-16(21)30-14/h4-5,7-10,12,17H,6H2,1-3H3,(H,22,23)(H,24,27)/t12-,17-/m0/s1. The fraction of sp³-hybridized carbons (Fsp3) is 0.350. The van der Waals surface area contributed by atoms with E-state index in [0.717, 1.165) is 14.4 Å². The maximum atomic E-state index is 13.2. The molecule has 3 aromatic heterocycles. The van der Waals surface area contributed by atoms with Crippen molar-refractivity contribution in [1.29, 1.82) is 0 Å². The number of aromatic amines is 1. The van der Waals surface area contributed by atoms with E-state index in [1.165, 1.54) is 16.5 Å². The Morgan fingerprint density at radius 1 is 1.33 bits per heavy atom. The summed E-state index contributed by atoms with van der Waals surface area (Å²) in [5.41, 5.74) is 0.857. The largest absolute Gasteiger partial charge is 0.453 e. The van der Waals surface area contributed by atoms with Crippen molar-refractivity contribution in [2.24, 2.45) is 5.92 Å². The third kappa shape index (κ3) is 4.03. The lowest BCUT2D eigenvalue weighted by molar-refractivity contribution is -0.135. The summed E-state index contributed by atoms with van der Waals surface area (Å²) in [6.45, 7) is 4.25. The van der Waals surface area contributed by atoms with E-state index >= 15 is 0 Å². The van der Waals surface area contributed by atoms with Crippen molar-refractivity contribution in [3.05, 3.63) is 40.1 Å². The minimum atomic E-state index is -0.670. The SMILES string of the molecule is COC(=O)N[C@H](C(=O)N1CC=C[C@H]1c1nc(-c2cc3sc(Br)cc3s2)c[nH]1)C(C)C. The molecule has 2 N–H and O–H groups in total. The molecule has 10 heteroatoms. The number of hydrogen-bond acceptors (Lipinski definition) is 6. The Bertz CT molecular complexity index is 1090. The molecule has 0 unspecified atom stereocenters. The second-order valence-electron chi connectivity index (χ2n) is 7.28. The highest BCUT2D eigenvalue weighted by molar-refractivity contribution is 9.11. The molecule has 0 saturated heterocycles. The Labute approximate surface area is 190 Å². The van der Waals surface area contributed by atoms with E-state index in [2.05, 4.69) is 43.1 Å². The van der Waals surface area contributed by atoms with E-state index in [1.54, 1.807) is 27.6 Å². The maximum Gasteiger partial charge on any atom is 0.407 e. The fourth-order valence-electron chi connectivity index (χ4n) is 3.41. The van der Waals surface area contributed by atoms with Gasteiger partial charge in [0, 0.05) is 22.1 Å². The number of carbonyl (C=O) groups excluding carboxylic acids is 2. The molecule has 2 atom stereocenters. The number of rotatable bonds is 5. The lowest BCUT2D eigenvalue weighted by Gasteiger charge is -2.29. The molecule has 0 spiro atoms. The number of aromatic nitrogens is 2. The minimum Gasteiger partial charge on any atom is -0.453 e. The first-order valence-electron chi connectivity index (χ1n) is 9.43. The summed E-state index contributed by atoms with van der Waals surface area (Å²) < 4.78 is 8.23. The first-order chi connectivity index (χ1) is 14.4. The molecule has 158 valence electrons. The second kappa shape index (κ2) is 8.52. The lowest BCUT2D eigenvalue weighted by Crippen LogP contribution is -2.51. The van der Waals surface area contributed by atoms with Gasteiger partial charge >= 0.3 is 6.09 Å². The van der Waals surface area contributed by atoms with Crippen molar-refractivity contribution >= 4 is 60.0 Å². The van der Waals surface area contributed by atoms with Crippen molar-refractivity contribution in [2.45, 2.75) is 25.9 Å². The van der Waals surface area contributed by atoms with Crippen LogP contribution in [0.25, 0.3) is 20.0 Å². The number of imidazole rings is 1. The van der Waals surface area contributed by atoms with Crippen molar-refractivity contribution in [2.75, 3.05) is 13.7 Å². The molecule has 0 fully saturated rings. The van der Waals surface area contributed by atoms with E-state index < -0.39 is 12.1 Å². The highest BCUT2D eigenvalue weighted by Gasteiger charge is 2.35. The molecule has 4 rings (SSSR count). The average molecular weight is 509 g/mol. The first kappa shape index (κ1) is 21.1. The van der Waals surface area contributed by atoms with Gasteiger partial charge in [0.2, 0.25) is 5.91 Å². The number of nitrogens with zero attached hydrogens (tertiary/aromatic N) is 2. The number of ether oxygens (including phenoxy) is 1. The van der Waals surface area contributed by atoms with Crippen molar-refractivity contribution < 1.29 is 14.3 Å². The number of amides is 2. The van der Waals surface area contributed by atoms with Gasteiger partial charge in [0.1, 0.15) is 17.9 Å². The van der Waals surface area contributed by atoms with Gasteiger partial charge in [0.25, 0.3) is 0 Å². The Kier molecular flexibility index (Phi) is 5.99. The Morgan fingerprint density at radius 3 is 2.80 bits per heavy atom. The number of thiophene rings is 2. The zero-order valence-electron chi connectivity index (χ0n) is 16.6. The summed E-state index contributed by atoms with van der Waals surface area (Å²) in [7, 11) is 1.29. The quantitative estimate of drug-likeness (QED) is 0.478. The van der Waals surface area contributed by atoms with Gasteiger partial charge in [0.15, 0.2) is 0 Å². The molecule has 7 nitrogen and oxygen atoms in total. The van der Waals surface area contributed by atoms with E-state index in [0.29, 0.717) is 12.4 Å². The number of hydrogen-bond donors (Lipinski definition) is 2. The van der Waals surface area contributed by atoms with Crippen LogP contribution in [0.15, 0.2) is 34.3 Å². The molecule has 0 saturated carbocycles. The molecular formula is C20H21BrN4O3S2. The third-order valence-corrected chi connectivity index (χ3v) is 7.76. The van der Waals surface area contributed by atoms with Crippen LogP contribution in [-0.2, 0) is 9.53 Å². The van der Waals surface area contributed by atoms with Crippen LogP contribution in [0.4, 0.5) is 4.79 Å². The predicted octanol–water partition coefficient (Wildman–Crippen LogP) is 4.94. The number of H-pyrrole nitrogens is 1. The van der Waals surface area contributed by atoms with E-state index in [4.69, 9.17) is 4.98 Å². The zero-order valence-corrected chi connectivity index (χ0v) is 19.9. The highest BCUT2D eigenvalue weighted by atomic mass is 79.9. The van der Waals surface area contributed by atoms with Gasteiger partial charge in [-0.05, 0) is 34.0 Å². The molecule has 0 aromatic carbocycles. The molecule has 0 radical (unpaired) electrons. The molecule has 30 heavy (non-hydrogen) atoms. The fourth-order valence-corrected chi connectivity index (χ4v) is 6.40. The van der Waals surface area contributed by atoms with Gasteiger partial charge < -0.3 is 19.9 Å². The summed E-state index contributed by atoms with van der Waals surface area (Å²) in [5, 5.41) is 2.65. The number of alkyl carbamates (subject to hydrolysis) is 1. The monoisotopic (exact) mass is 508 g/mol. The normalized spacial score (nSPS) is 17.1. The average Bonchev–Trinajstić information content (AvgIpc) is 3.46. The van der Waals surface area contributed by atoms with Gasteiger partial charge in [-0.15, -0.1) is 22.7 Å². The number of fused-ring (bicyclic) bond motifs is 1. The van der Waals surface area contributed by atoms with Crippen LogP contribution < -0.4 is 5.32 Å².